The molecule has 0 saturated heterocycles. The van der Waals surface area contributed by atoms with Crippen molar-refractivity contribution in [3.05, 3.63) is 11.6 Å². The second kappa shape index (κ2) is 8.07. The number of fused-ring (bicyclic) bond motifs is 5. The average Bonchev–Trinajstić information content (AvgIpc) is 2.99. The number of hydrogen-bond donors (Lipinski definition) is 6. The van der Waals surface area contributed by atoms with Crippen molar-refractivity contribution < 1.29 is 30.6 Å². The molecule has 8 atom stereocenters. The SMILES string of the molecule is CC(O)[C@H]1CC[C@H]2[C@@H]3CC=C4CC(O)CC(CC(O)O)(CC(O)O)[C@]4(C)[C@H]3CC[C@]12C. The van der Waals surface area contributed by atoms with E-state index in [2.05, 4.69) is 19.9 Å². The van der Waals surface area contributed by atoms with Crippen LogP contribution in [0.25, 0.3) is 0 Å². The third-order valence-corrected chi connectivity index (χ3v) is 10.5. The fourth-order valence-corrected chi connectivity index (χ4v) is 9.29. The molecule has 0 radical (unpaired) electrons. The van der Waals surface area contributed by atoms with Gasteiger partial charge in [0.15, 0.2) is 12.6 Å². The van der Waals surface area contributed by atoms with Crippen molar-refractivity contribution in [1.82, 2.24) is 0 Å². The molecule has 31 heavy (non-hydrogen) atoms. The minimum Gasteiger partial charge on any atom is -0.393 e. The quantitative estimate of drug-likeness (QED) is 0.289. The summed E-state index contributed by atoms with van der Waals surface area (Å²) in [5.41, 5.74) is 0.0498. The Morgan fingerprint density at radius 2 is 1.61 bits per heavy atom. The highest BCUT2D eigenvalue weighted by molar-refractivity contribution is 5.30. The summed E-state index contributed by atoms with van der Waals surface area (Å²) in [6.45, 7) is 6.46. The molecule has 0 aromatic heterocycles. The normalized spacial score (nSPS) is 45.1. The third kappa shape index (κ3) is 3.53. The molecular formula is C25H42O6. The van der Waals surface area contributed by atoms with Gasteiger partial charge < -0.3 is 30.6 Å². The van der Waals surface area contributed by atoms with Crippen LogP contribution < -0.4 is 0 Å². The molecule has 0 heterocycles. The average molecular weight is 439 g/mol. The van der Waals surface area contributed by atoms with Crippen LogP contribution in [0, 0.1) is 39.9 Å². The Morgan fingerprint density at radius 1 is 0.968 bits per heavy atom. The molecule has 3 saturated carbocycles. The largest absolute Gasteiger partial charge is 0.393 e. The molecule has 2 unspecified atom stereocenters. The van der Waals surface area contributed by atoms with E-state index in [4.69, 9.17) is 0 Å². The summed E-state index contributed by atoms with van der Waals surface area (Å²) >= 11 is 0. The molecule has 6 heteroatoms. The molecule has 4 aliphatic rings. The van der Waals surface area contributed by atoms with Gasteiger partial charge in [-0.25, -0.2) is 0 Å². The minimum absolute atomic E-state index is 0.0248. The predicted molar refractivity (Wildman–Crippen MR) is 116 cm³/mol. The summed E-state index contributed by atoms with van der Waals surface area (Å²) in [4.78, 5) is 0. The Balaban J connectivity index is 1.77. The number of allylic oxidation sites excluding steroid dienone is 1. The van der Waals surface area contributed by atoms with E-state index in [1.807, 2.05) is 6.92 Å². The van der Waals surface area contributed by atoms with Crippen molar-refractivity contribution in [2.24, 2.45) is 39.9 Å². The zero-order valence-electron chi connectivity index (χ0n) is 19.2. The van der Waals surface area contributed by atoms with Crippen LogP contribution >= 0.6 is 0 Å². The van der Waals surface area contributed by atoms with Crippen LogP contribution in [0.5, 0.6) is 0 Å². The second-order valence-electron chi connectivity index (χ2n) is 11.7. The molecule has 0 aliphatic heterocycles. The fraction of sp³-hybridized carbons (Fsp3) is 0.920. The smallest absolute Gasteiger partial charge is 0.152 e. The Hall–Kier alpha value is -0.500. The van der Waals surface area contributed by atoms with E-state index in [0.717, 1.165) is 37.7 Å². The lowest BCUT2D eigenvalue weighted by Gasteiger charge is -2.65. The van der Waals surface area contributed by atoms with Gasteiger partial charge in [0, 0.05) is 12.8 Å². The number of rotatable bonds is 5. The van der Waals surface area contributed by atoms with E-state index >= 15 is 0 Å². The van der Waals surface area contributed by atoms with Crippen molar-refractivity contribution in [2.45, 2.75) is 103 Å². The van der Waals surface area contributed by atoms with Gasteiger partial charge in [-0.1, -0.05) is 25.5 Å². The summed E-state index contributed by atoms with van der Waals surface area (Å²) in [6.07, 6.45) is 4.29. The van der Waals surface area contributed by atoms with Gasteiger partial charge in [0.2, 0.25) is 0 Å². The lowest BCUT2D eigenvalue weighted by molar-refractivity contribution is -0.188. The van der Waals surface area contributed by atoms with Crippen molar-refractivity contribution in [2.75, 3.05) is 0 Å². The third-order valence-electron chi connectivity index (χ3n) is 10.5. The topological polar surface area (TPSA) is 121 Å². The zero-order chi connectivity index (χ0) is 22.8. The molecule has 0 spiro atoms. The Kier molecular flexibility index (Phi) is 6.15. The fourth-order valence-electron chi connectivity index (χ4n) is 9.29. The number of aliphatic hydroxyl groups is 6. The number of hydrogen-bond acceptors (Lipinski definition) is 6. The highest BCUT2D eigenvalue weighted by atomic mass is 16.5. The van der Waals surface area contributed by atoms with Crippen molar-refractivity contribution in [1.29, 1.82) is 0 Å². The van der Waals surface area contributed by atoms with Crippen LogP contribution in [-0.2, 0) is 0 Å². The first-order valence-corrected chi connectivity index (χ1v) is 12.2. The summed E-state index contributed by atoms with van der Waals surface area (Å²) in [5, 5.41) is 61.2. The van der Waals surface area contributed by atoms with Gasteiger partial charge in [-0.15, -0.1) is 0 Å². The van der Waals surface area contributed by atoms with E-state index < -0.39 is 29.5 Å². The van der Waals surface area contributed by atoms with Crippen molar-refractivity contribution in [3.63, 3.8) is 0 Å². The van der Waals surface area contributed by atoms with E-state index in [9.17, 15) is 30.6 Å². The van der Waals surface area contributed by atoms with Crippen molar-refractivity contribution in [3.8, 4) is 0 Å². The highest BCUT2D eigenvalue weighted by Gasteiger charge is 2.65. The van der Waals surface area contributed by atoms with Gasteiger partial charge in [0.1, 0.15) is 0 Å². The number of aliphatic hydroxyl groups excluding tert-OH is 4. The molecule has 3 fully saturated rings. The van der Waals surface area contributed by atoms with Crippen LogP contribution in [0.1, 0.15) is 78.6 Å². The molecule has 178 valence electrons. The van der Waals surface area contributed by atoms with Gasteiger partial charge in [0.05, 0.1) is 12.2 Å². The molecule has 0 aromatic rings. The van der Waals surface area contributed by atoms with Crippen LogP contribution in [-0.4, -0.2) is 55.4 Å². The van der Waals surface area contributed by atoms with Gasteiger partial charge in [-0.05, 0) is 91.8 Å². The monoisotopic (exact) mass is 438 g/mol. The lowest BCUT2D eigenvalue weighted by atomic mass is 9.40. The summed E-state index contributed by atoms with van der Waals surface area (Å²) in [5.74, 6) is 1.54. The first kappa shape index (κ1) is 23.7. The van der Waals surface area contributed by atoms with E-state index in [1.54, 1.807) is 0 Å². The molecule has 6 N–H and O–H groups in total. The Morgan fingerprint density at radius 3 is 2.19 bits per heavy atom. The Labute approximate surface area is 186 Å². The van der Waals surface area contributed by atoms with Gasteiger partial charge in [0.25, 0.3) is 0 Å². The van der Waals surface area contributed by atoms with E-state index in [1.165, 1.54) is 0 Å². The summed E-state index contributed by atoms with van der Waals surface area (Å²) in [6, 6.07) is 0. The minimum atomic E-state index is -1.57. The standard InChI is InChI=1S/C25H42O6/c1-14(26)18-6-7-19-17-5-4-15-10-16(27)11-25(12-21(28)29,13-22(30)31)24(15,3)20(17)8-9-23(18,19)2/h4,14,16-22,26-31H,5-13H2,1-3H3/t14?,16?,17-,18+,19-,20-,23+,24-/m0/s1. The van der Waals surface area contributed by atoms with Crippen LogP contribution in [0.15, 0.2) is 11.6 Å². The van der Waals surface area contributed by atoms with Crippen molar-refractivity contribution >= 4 is 0 Å². The molecule has 6 nitrogen and oxygen atoms in total. The maximum atomic E-state index is 10.7. The predicted octanol–water partition coefficient (Wildman–Crippen LogP) is 2.30. The molecule has 0 amide bonds. The Bertz CT molecular complexity index is 687. The van der Waals surface area contributed by atoms with Gasteiger partial charge in [-0.2, -0.15) is 0 Å². The first-order chi connectivity index (χ1) is 14.4. The molecular weight excluding hydrogens is 396 g/mol. The molecule has 4 rings (SSSR count). The first-order valence-electron chi connectivity index (χ1n) is 12.2. The molecule has 0 aromatic carbocycles. The lowest BCUT2D eigenvalue weighted by Crippen LogP contribution is -2.60. The highest BCUT2D eigenvalue weighted by Crippen LogP contribution is 2.71. The van der Waals surface area contributed by atoms with Gasteiger partial charge in [-0.3, -0.25) is 0 Å². The molecule has 0 bridgehead atoms. The van der Waals surface area contributed by atoms with Gasteiger partial charge >= 0.3 is 0 Å². The van der Waals surface area contributed by atoms with Crippen LogP contribution in [0.4, 0.5) is 0 Å². The van der Waals surface area contributed by atoms with E-state index in [-0.39, 0.29) is 24.4 Å². The van der Waals surface area contributed by atoms with E-state index in [0.29, 0.717) is 36.5 Å². The summed E-state index contributed by atoms with van der Waals surface area (Å²) in [7, 11) is 0. The maximum absolute atomic E-state index is 10.7. The molecule has 4 aliphatic carbocycles. The van der Waals surface area contributed by atoms with Crippen LogP contribution in [0.2, 0.25) is 0 Å². The van der Waals surface area contributed by atoms with Crippen LogP contribution in [0.3, 0.4) is 0 Å². The second-order valence-corrected chi connectivity index (χ2v) is 11.7. The summed E-state index contributed by atoms with van der Waals surface area (Å²) < 4.78 is 0. The maximum Gasteiger partial charge on any atom is 0.152 e. The zero-order valence-corrected chi connectivity index (χ0v) is 19.2.